The molecule has 1 unspecified atom stereocenters. The number of H-pyrrole nitrogens is 1. The highest BCUT2D eigenvalue weighted by Gasteiger charge is 2.18. The highest BCUT2D eigenvalue weighted by molar-refractivity contribution is 5.85. The van der Waals surface area contributed by atoms with E-state index in [0.717, 1.165) is 0 Å². The molecule has 2 aromatic rings. The van der Waals surface area contributed by atoms with Gasteiger partial charge in [0.25, 0.3) is 5.56 Å². The number of nitrogens with two attached hydrogens (primary N) is 2. The highest BCUT2D eigenvalue weighted by Crippen LogP contribution is 2.13. The van der Waals surface area contributed by atoms with Gasteiger partial charge in [0.15, 0.2) is 11.2 Å². The second kappa shape index (κ2) is 11.4. The van der Waals surface area contributed by atoms with Crippen molar-refractivity contribution >= 4 is 41.5 Å². The molecule has 2 atom stereocenters. The van der Waals surface area contributed by atoms with Crippen LogP contribution in [0.1, 0.15) is 33.1 Å². The Kier molecular flexibility index (Phi) is 9.56. The average Bonchev–Trinajstić information content (AvgIpc) is 3.04. The maximum Gasteiger partial charge on any atom is 0.322 e. The lowest BCUT2D eigenvalue weighted by Crippen LogP contribution is -2.31. The first kappa shape index (κ1) is 24.4. The average molecular weight is 431 g/mol. The lowest BCUT2D eigenvalue weighted by Gasteiger charge is -2.18. The molecule has 0 fully saturated rings. The monoisotopic (exact) mass is 430 g/mol. The molecule has 0 saturated carbocycles. The first-order valence-electron chi connectivity index (χ1n) is 9.10. The van der Waals surface area contributed by atoms with Crippen LogP contribution in [-0.2, 0) is 25.6 Å². The van der Waals surface area contributed by atoms with Gasteiger partial charge >= 0.3 is 11.9 Å². The number of hydrogen-bond donors (Lipinski definition) is 3. The zero-order valence-corrected chi connectivity index (χ0v) is 17.2. The van der Waals surface area contributed by atoms with Crippen molar-refractivity contribution in [1.82, 2.24) is 19.5 Å². The predicted molar refractivity (Wildman–Crippen MR) is 108 cm³/mol. The van der Waals surface area contributed by atoms with Crippen LogP contribution in [0, 0.1) is 5.92 Å². The number of nitrogen functional groups attached to an aromatic ring is 1. The topological polar surface area (TPSA) is 168 Å². The first-order valence-corrected chi connectivity index (χ1v) is 9.10. The minimum Gasteiger partial charge on any atom is -0.465 e. The SMILES string of the molecule is CCCC(=O)OCC(CCn1cnc2c(=O)[nH]c(N)nc21)COC(=O)[C@H](C)N.Cl. The lowest BCUT2D eigenvalue weighted by atomic mass is 10.1. The molecule has 0 spiro atoms. The fourth-order valence-electron chi connectivity index (χ4n) is 2.49. The Hall–Kier alpha value is -2.66. The van der Waals surface area contributed by atoms with E-state index < -0.39 is 17.6 Å². The fourth-order valence-corrected chi connectivity index (χ4v) is 2.49. The summed E-state index contributed by atoms with van der Waals surface area (Å²) in [5, 5.41) is 0. The summed E-state index contributed by atoms with van der Waals surface area (Å²) in [5.41, 5.74) is 11.2. The number of ether oxygens (including phenoxy) is 2. The maximum atomic E-state index is 11.9. The van der Waals surface area contributed by atoms with E-state index in [2.05, 4.69) is 15.0 Å². The van der Waals surface area contributed by atoms with E-state index in [1.54, 1.807) is 4.57 Å². The van der Waals surface area contributed by atoms with Crippen molar-refractivity contribution in [3.05, 3.63) is 16.7 Å². The third-order valence-corrected chi connectivity index (χ3v) is 4.04. The van der Waals surface area contributed by atoms with Crippen LogP contribution >= 0.6 is 12.4 Å². The summed E-state index contributed by atoms with van der Waals surface area (Å²) in [6, 6.07) is -0.736. The number of imidazole rings is 1. The number of aryl methyl sites for hydroxylation is 1. The number of fused-ring (bicyclic) bond motifs is 1. The van der Waals surface area contributed by atoms with Gasteiger partial charge in [-0.25, -0.2) is 4.98 Å². The van der Waals surface area contributed by atoms with Gasteiger partial charge in [0, 0.05) is 18.9 Å². The molecule has 0 radical (unpaired) electrons. The predicted octanol–water partition coefficient (Wildman–Crippen LogP) is 0.364. The fraction of sp³-hybridized carbons (Fsp3) is 0.588. The van der Waals surface area contributed by atoms with E-state index in [0.29, 0.717) is 31.5 Å². The van der Waals surface area contributed by atoms with Gasteiger partial charge in [-0.05, 0) is 19.8 Å². The molecule has 0 aliphatic heterocycles. The number of nitrogens with zero attached hydrogens (tertiary/aromatic N) is 3. The Bertz CT molecular complexity index is 881. The van der Waals surface area contributed by atoms with E-state index in [1.165, 1.54) is 13.3 Å². The Labute approximate surface area is 173 Å². The number of nitrogens with one attached hydrogen (secondary N) is 1. The van der Waals surface area contributed by atoms with Crippen LogP contribution in [-0.4, -0.2) is 50.7 Å². The molecular formula is C17H27ClN6O5. The molecule has 2 heterocycles. The second-order valence-electron chi connectivity index (χ2n) is 6.57. The van der Waals surface area contributed by atoms with Crippen LogP contribution in [0.4, 0.5) is 5.95 Å². The molecule has 162 valence electrons. The van der Waals surface area contributed by atoms with Crippen molar-refractivity contribution in [3.63, 3.8) is 0 Å². The molecule has 5 N–H and O–H groups in total. The zero-order chi connectivity index (χ0) is 20.7. The molecule has 29 heavy (non-hydrogen) atoms. The minimum absolute atomic E-state index is 0. The van der Waals surface area contributed by atoms with E-state index in [4.69, 9.17) is 20.9 Å². The zero-order valence-electron chi connectivity index (χ0n) is 16.4. The minimum atomic E-state index is -0.736. The summed E-state index contributed by atoms with van der Waals surface area (Å²) < 4.78 is 12.1. The molecule has 0 aliphatic carbocycles. The Morgan fingerprint density at radius 3 is 2.66 bits per heavy atom. The molecule has 11 nitrogen and oxygen atoms in total. The number of hydrogen-bond acceptors (Lipinski definition) is 9. The highest BCUT2D eigenvalue weighted by atomic mass is 35.5. The number of rotatable bonds is 10. The Balaban J connectivity index is 0.00000420. The molecule has 0 bridgehead atoms. The summed E-state index contributed by atoms with van der Waals surface area (Å²) in [4.78, 5) is 45.7. The van der Waals surface area contributed by atoms with Gasteiger partial charge in [0.05, 0.1) is 19.5 Å². The number of aromatic nitrogens is 4. The normalized spacial score (nSPS) is 12.8. The van der Waals surface area contributed by atoms with E-state index >= 15 is 0 Å². The number of carbonyl (C=O) groups is 2. The summed E-state index contributed by atoms with van der Waals surface area (Å²) in [6.07, 6.45) is 2.99. The van der Waals surface area contributed by atoms with Gasteiger partial charge in [0.1, 0.15) is 6.04 Å². The Morgan fingerprint density at radius 1 is 1.31 bits per heavy atom. The van der Waals surface area contributed by atoms with Gasteiger partial charge < -0.3 is 25.5 Å². The van der Waals surface area contributed by atoms with E-state index in [1.807, 2.05) is 6.92 Å². The number of aromatic amines is 1. The van der Waals surface area contributed by atoms with Crippen LogP contribution in [0.3, 0.4) is 0 Å². The van der Waals surface area contributed by atoms with Crippen molar-refractivity contribution in [3.8, 4) is 0 Å². The van der Waals surface area contributed by atoms with Gasteiger partial charge in [-0.1, -0.05) is 6.92 Å². The maximum absolute atomic E-state index is 11.9. The van der Waals surface area contributed by atoms with Crippen molar-refractivity contribution in [2.24, 2.45) is 11.7 Å². The number of anilines is 1. The summed E-state index contributed by atoms with van der Waals surface area (Å²) in [7, 11) is 0. The summed E-state index contributed by atoms with van der Waals surface area (Å²) >= 11 is 0. The molecule has 0 aliphatic rings. The molecule has 0 amide bonds. The van der Waals surface area contributed by atoms with Gasteiger partial charge in [-0.15, -0.1) is 12.4 Å². The standard InChI is InChI=1S/C17H26N6O5.ClH/c1-3-4-12(24)27-7-11(8-28-16(26)10(2)18)5-6-23-9-20-13-14(23)21-17(19)22-15(13)25;/h9-11H,3-8,18H2,1-2H3,(H3,19,21,22,25);1H/t10-,11?;/m0./s1. The van der Waals surface area contributed by atoms with Crippen LogP contribution < -0.4 is 17.0 Å². The smallest absolute Gasteiger partial charge is 0.322 e. The van der Waals surface area contributed by atoms with Gasteiger partial charge in [-0.2, -0.15) is 4.98 Å². The molecule has 2 rings (SSSR count). The first-order chi connectivity index (χ1) is 13.3. The number of esters is 2. The van der Waals surface area contributed by atoms with Crippen molar-refractivity contribution in [1.29, 1.82) is 0 Å². The summed E-state index contributed by atoms with van der Waals surface area (Å²) in [5.74, 6) is -1.09. The molecule has 0 aromatic carbocycles. The van der Waals surface area contributed by atoms with Crippen molar-refractivity contribution in [2.45, 2.75) is 45.7 Å². The third kappa shape index (κ3) is 7.02. The number of halogens is 1. The largest absolute Gasteiger partial charge is 0.465 e. The molecular weight excluding hydrogens is 404 g/mol. The molecule has 12 heteroatoms. The lowest BCUT2D eigenvalue weighted by molar-refractivity contribution is -0.149. The van der Waals surface area contributed by atoms with Crippen molar-refractivity contribution < 1.29 is 19.1 Å². The van der Waals surface area contributed by atoms with E-state index in [-0.39, 0.29) is 49.0 Å². The van der Waals surface area contributed by atoms with E-state index in [9.17, 15) is 14.4 Å². The van der Waals surface area contributed by atoms with Crippen LogP contribution in [0.25, 0.3) is 11.2 Å². The van der Waals surface area contributed by atoms with Crippen molar-refractivity contribution in [2.75, 3.05) is 18.9 Å². The van der Waals surface area contributed by atoms with Crippen LogP contribution in [0.2, 0.25) is 0 Å². The Morgan fingerprint density at radius 2 is 2.00 bits per heavy atom. The quantitative estimate of drug-likeness (QED) is 0.450. The summed E-state index contributed by atoms with van der Waals surface area (Å²) in [6.45, 7) is 3.99. The van der Waals surface area contributed by atoms with Gasteiger partial charge in [-0.3, -0.25) is 19.4 Å². The van der Waals surface area contributed by atoms with Crippen LogP contribution in [0.5, 0.6) is 0 Å². The number of carbonyl (C=O) groups excluding carboxylic acids is 2. The molecule has 0 saturated heterocycles. The third-order valence-electron chi connectivity index (χ3n) is 4.04. The second-order valence-corrected chi connectivity index (χ2v) is 6.57. The van der Waals surface area contributed by atoms with Gasteiger partial charge in [0.2, 0.25) is 5.95 Å². The molecule has 2 aromatic heterocycles. The van der Waals surface area contributed by atoms with Crippen LogP contribution in [0.15, 0.2) is 11.1 Å².